The van der Waals surface area contributed by atoms with E-state index in [1.807, 2.05) is 6.20 Å². The predicted octanol–water partition coefficient (Wildman–Crippen LogP) is 3.69. The zero-order valence-electron chi connectivity index (χ0n) is 13.0. The first-order valence-electron chi connectivity index (χ1n) is 7.67. The van der Waals surface area contributed by atoms with E-state index < -0.39 is 0 Å². The van der Waals surface area contributed by atoms with Crippen LogP contribution in [-0.4, -0.2) is 27.0 Å². The van der Waals surface area contributed by atoms with E-state index in [2.05, 4.69) is 28.8 Å². The lowest BCUT2D eigenvalue weighted by Gasteiger charge is -2.23. The zero-order chi connectivity index (χ0) is 15.9. The fourth-order valence-electron chi connectivity index (χ4n) is 3.74. The second kappa shape index (κ2) is 5.88. The first-order chi connectivity index (χ1) is 10.5. The van der Waals surface area contributed by atoms with Gasteiger partial charge in [-0.15, -0.1) is 0 Å². The molecule has 5 nitrogen and oxygen atoms in total. The molecule has 1 saturated carbocycles. The van der Waals surface area contributed by atoms with Gasteiger partial charge in [0.2, 0.25) is 0 Å². The van der Waals surface area contributed by atoms with E-state index in [1.165, 1.54) is 13.3 Å². The van der Waals surface area contributed by atoms with Gasteiger partial charge in [-0.25, -0.2) is 9.97 Å². The third-order valence-electron chi connectivity index (χ3n) is 4.89. The Morgan fingerprint density at radius 1 is 1.50 bits per heavy atom. The second-order valence-electron chi connectivity index (χ2n) is 6.08. The van der Waals surface area contributed by atoms with Crippen molar-refractivity contribution in [1.82, 2.24) is 15.0 Å². The van der Waals surface area contributed by atoms with Crippen LogP contribution >= 0.6 is 11.6 Å². The summed E-state index contributed by atoms with van der Waals surface area (Å²) in [6.45, 7) is 5.82. The van der Waals surface area contributed by atoms with Crippen molar-refractivity contribution in [3.8, 4) is 0 Å². The summed E-state index contributed by atoms with van der Waals surface area (Å²) < 4.78 is 5.64. The van der Waals surface area contributed by atoms with Crippen molar-refractivity contribution in [3.63, 3.8) is 0 Å². The maximum absolute atomic E-state index is 11.5. The first-order valence-corrected chi connectivity index (χ1v) is 8.05. The highest BCUT2D eigenvalue weighted by Crippen LogP contribution is 2.47. The van der Waals surface area contributed by atoms with Crippen molar-refractivity contribution in [2.75, 3.05) is 0 Å². The summed E-state index contributed by atoms with van der Waals surface area (Å²) in [5.41, 5.74) is 2.63. The van der Waals surface area contributed by atoms with E-state index in [9.17, 15) is 4.79 Å². The van der Waals surface area contributed by atoms with E-state index in [0.717, 1.165) is 29.4 Å². The number of rotatable bonds is 3. The maximum Gasteiger partial charge on any atom is 0.302 e. The Morgan fingerprint density at radius 3 is 2.95 bits per heavy atom. The normalized spacial score (nSPS) is 28.2. The topological polar surface area (TPSA) is 67.9 Å². The van der Waals surface area contributed by atoms with Crippen LogP contribution in [0.2, 0.25) is 5.15 Å². The Morgan fingerprint density at radius 2 is 2.27 bits per heavy atom. The number of aromatic amines is 1. The van der Waals surface area contributed by atoms with Crippen LogP contribution < -0.4 is 0 Å². The molecule has 1 unspecified atom stereocenters. The van der Waals surface area contributed by atoms with E-state index in [-0.39, 0.29) is 18.0 Å². The number of hydrogen-bond donors (Lipinski definition) is 1. The fraction of sp³-hybridized carbons (Fsp3) is 0.562. The number of esters is 1. The molecule has 1 aliphatic carbocycles. The average molecular weight is 322 g/mol. The van der Waals surface area contributed by atoms with Gasteiger partial charge in [0.05, 0.1) is 5.52 Å². The Bertz CT molecular complexity index is 700. The van der Waals surface area contributed by atoms with Gasteiger partial charge in [-0.1, -0.05) is 31.9 Å². The van der Waals surface area contributed by atoms with Gasteiger partial charge in [0, 0.05) is 24.6 Å². The van der Waals surface area contributed by atoms with E-state index in [4.69, 9.17) is 16.3 Å². The molecule has 0 aliphatic heterocycles. The molecule has 2 aromatic heterocycles. The van der Waals surface area contributed by atoms with E-state index >= 15 is 0 Å². The third kappa shape index (κ3) is 2.47. The molecule has 118 valence electrons. The lowest BCUT2D eigenvalue weighted by atomic mass is 9.94. The maximum atomic E-state index is 11.5. The summed E-state index contributed by atoms with van der Waals surface area (Å²) in [6.07, 6.45) is 5.35. The second-order valence-corrected chi connectivity index (χ2v) is 6.43. The number of fused-ring (bicyclic) bond motifs is 1. The molecule has 1 N–H and O–H groups in total. The monoisotopic (exact) mass is 321 g/mol. The molecule has 1 aliphatic rings. The Kier molecular flexibility index (Phi) is 4.08. The molecule has 6 heteroatoms. The molecule has 0 radical (unpaired) electrons. The summed E-state index contributed by atoms with van der Waals surface area (Å²) in [5.74, 6) is 0.785. The summed E-state index contributed by atoms with van der Waals surface area (Å²) in [5, 5.41) is 0.415. The van der Waals surface area contributed by atoms with Gasteiger partial charge in [-0.3, -0.25) is 4.79 Å². The molecule has 3 rings (SSSR count). The van der Waals surface area contributed by atoms with Crippen LogP contribution in [0.1, 0.15) is 45.1 Å². The standard InChI is InChI=1S/C16H20ClN3O2/c1-4-10-5-11(15(8(10)2)22-9(3)21)12-6-18-14-13(12)19-7-20-16(14)17/h6-8,10-11,15,18H,4-5H2,1-3H3/t8-,10+,11+,15?/m1/s1. The molecule has 0 saturated heterocycles. The zero-order valence-corrected chi connectivity index (χ0v) is 13.7. The summed E-state index contributed by atoms with van der Waals surface area (Å²) in [4.78, 5) is 23.0. The number of nitrogens with one attached hydrogen (secondary N) is 1. The van der Waals surface area contributed by atoms with Crippen molar-refractivity contribution >= 4 is 28.6 Å². The van der Waals surface area contributed by atoms with Gasteiger partial charge >= 0.3 is 5.97 Å². The average Bonchev–Trinajstić information content (AvgIpc) is 3.02. The molecule has 0 bridgehead atoms. The smallest absolute Gasteiger partial charge is 0.302 e. The molecule has 2 heterocycles. The molecule has 4 atom stereocenters. The SMILES string of the molecule is CC[C@H]1C[C@@H](c2c[nH]c3c(Cl)ncnc23)C(OC(C)=O)[C@@H]1C. The van der Waals surface area contributed by atoms with E-state index in [1.54, 1.807) is 0 Å². The number of aromatic nitrogens is 3. The molecule has 0 aromatic carbocycles. The van der Waals surface area contributed by atoms with Gasteiger partial charge in [-0.05, 0) is 18.3 Å². The van der Waals surface area contributed by atoms with Gasteiger partial charge in [0.15, 0.2) is 5.15 Å². The number of carbonyl (C=O) groups is 1. The molecule has 0 spiro atoms. The molecular formula is C16H20ClN3O2. The highest BCUT2D eigenvalue weighted by Gasteiger charge is 2.43. The van der Waals surface area contributed by atoms with Gasteiger partial charge < -0.3 is 9.72 Å². The highest BCUT2D eigenvalue weighted by molar-refractivity contribution is 6.33. The van der Waals surface area contributed by atoms with Crippen LogP contribution in [0.25, 0.3) is 11.0 Å². The predicted molar refractivity (Wildman–Crippen MR) is 84.8 cm³/mol. The van der Waals surface area contributed by atoms with Crippen molar-refractivity contribution in [2.45, 2.75) is 45.6 Å². The minimum absolute atomic E-state index is 0.116. The molecule has 22 heavy (non-hydrogen) atoms. The number of hydrogen-bond acceptors (Lipinski definition) is 4. The van der Waals surface area contributed by atoms with Crippen molar-refractivity contribution in [2.24, 2.45) is 11.8 Å². The van der Waals surface area contributed by atoms with Crippen LogP contribution in [0.4, 0.5) is 0 Å². The number of nitrogens with zero attached hydrogens (tertiary/aromatic N) is 2. The fourth-order valence-corrected chi connectivity index (χ4v) is 3.93. The van der Waals surface area contributed by atoms with Crippen LogP contribution in [0.3, 0.4) is 0 Å². The van der Waals surface area contributed by atoms with Crippen molar-refractivity contribution < 1.29 is 9.53 Å². The van der Waals surface area contributed by atoms with Crippen LogP contribution in [0, 0.1) is 11.8 Å². The van der Waals surface area contributed by atoms with Crippen LogP contribution in [0.5, 0.6) is 0 Å². The summed E-state index contributed by atoms with van der Waals surface area (Å²) in [6, 6.07) is 0. The molecule has 2 aromatic rings. The van der Waals surface area contributed by atoms with Crippen molar-refractivity contribution in [3.05, 3.63) is 23.2 Å². The minimum atomic E-state index is -0.230. The van der Waals surface area contributed by atoms with Crippen LogP contribution in [0.15, 0.2) is 12.5 Å². The Hall–Kier alpha value is -1.62. The number of H-pyrrole nitrogens is 1. The van der Waals surface area contributed by atoms with Gasteiger partial charge in [0.25, 0.3) is 0 Å². The Balaban J connectivity index is 2.03. The molecular weight excluding hydrogens is 302 g/mol. The number of ether oxygens (including phenoxy) is 1. The largest absolute Gasteiger partial charge is 0.462 e. The van der Waals surface area contributed by atoms with Crippen molar-refractivity contribution in [1.29, 1.82) is 0 Å². The molecule has 1 fully saturated rings. The Labute approximate surface area is 134 Å². The number of carbonyl (C=O) groups excluding carboxylic acids is 1. The minimum Gasteiger partial charge on any atom is -0.462 e. The van der Waals surface area contributed by atoms with Gasteiger partial charge in [-0.2, -0.15) is 0 Å². The lowest BCUT2D eigenvalue weighted by molar-refractivity contribution is -0.148. The summed E-state index contributed by atoms with van der Waals surface area (Å²) in [7, 11) is 0. The quantitative estimate of drug-likeness (QED) is 0.691. The molecule has 0 amide bonds. The van der Waals surface area contributed by atoms with Gasteiger partial charge in [0.1, 0.15) is 17.9 Å². The highest BCUT2D eigenvalue weighted by atomic mass is 35.5. The van der Waals surface area contributed by atoms with E-state index in [0.29, 0.717) is 17.0 Å². The lowest BCUT2D eigenvalue weighted by Crippen LogP contribution is -2.26. The summed E-state index contributed by atoms with van der Waals surface area (Å²) >= 11 is 6.11. The number of halogens is 1. The van der Waals surface area contributed by atoms with Crippen LogP contribution in [-0.2, 0) is 9.53 Å². The third-order valence-corrected chi connectivity index (χ3v) is 5.17. The first kappa shape index (κ1) is 15.3.